The average Bonchev–Trinajstić information content (AvgIpc) is 2.19. The molecule has 0 aromatic rings. The molecular weight excluding hydrogens is 120 g/mol. The summed E-state index contributed by atoms with van der Waals surface area (Å²) in [6.45, 7) is 0.501. The number of nitrogens with zero attached hydrogens (tertiary/aromatic N) is 2. The summed E-state index contributed by atoms with van der Waals surface area (Å²) in [5.41, 5.74) is 0. The molecule has 0 saturated heterocycles. The monoisotopic (exact) mass is 126 g/mol. The van der Waals surface area contributed by atoms with E-state index in [0.717, 1.165) is 5.75 Å². The van der Waals surface area contributed by atoms with Crippen molar-refractivity contribution in [1.29, 1.82) is 5.26 Å². The first kappa shape index (κ1) is 5.52. The van der Waals surface area contributed by atoms with Crippen molar-refractivity contribution in [3.63, 3.8) is 0 Å². The Balaban J connectivity index is 2.28. The zero-order valence-electron chi connectivity index (χ0n) is 4.37. The standard InChI is InChI=1S/C5H6N2S/c6-2-4-7-3-1-5-8-7/h1,3H,4-5H2. The lowest BCUT2D eigenvalue weighted by molar-refractivity contribution is 0.717. The minimum atomic E-state index is 0.501. The van der Waals surface area contributed by atoms with Crippen LogP contribution in [0.4, 0.5) is 0 Å². The van der Waals surface area contributed by atoms with Gasteiger partial charge in [-0.3, -0.25) is 0 Å². The summed E-state index contributed by atoms with van der Waals surface area (Å²) in [5, 5.41) is 8.19. The van der Waals surface area contributed by atoms with Gasteiger partial charge in [0, 0.05) is 12.0 Å². The molecule has 0 unspecified atom stereocenters. The van der Waals surface area contributed by atoms with Gasteiger partial charge in [0.05, 0.1) is 6.07 Å². The van der Waals surface area contributed by atoms with Crippen LogP contribution in [0.1, 0.15) is 0 Å². The summed E-state index contributed by atoms with van der Waals surface area (Å²) in [5.74, 6) is 1.02. The van der Waals surface area contributed by atoms with Gasteiger partial charge in [-0.2, -0.15) is 5.26 Å². The highest BCUT2D eigenvalue weighted by atomic mass is 32.2. The van der Waals surface area contributed by atoms with Gasteiger partial charge in [-0.05, 0) is 11.9 Å². The summed E-state index contributed by atoms with van der Waals surface area (Å²) in [6, 6.07) is 2.06. The SMILES string of the molecule is N#CCN1C=CCS1. The van der Waals surface area contributed by atoms with E-state index in [9.17, 15) is 0 Å². The lowest BCUT2D eigenvalue weighted by atomic mass is 10.6. The lowest BCUT2D eigenvalue weighted by Gasteiger charge is -2.05. The number of hydrogen-bond acceptors (Lipinski definition) is 3. The van der Waals surface area contributed by atoms with Gasteiger partial charge in [0.25, 0.3) is 0 Å². The van der Waals surface area contributed by atoms with Gasteiger partial charge in [-0.1, -0.05) is 6.08 Å². The Morgan fingerprint density at radius 2 is 2.75 bits per heavy atom. The average molecular weight is 126 g/mol. The molecule has 2 nitrogen and oxygen atoms in total. The van der Waals surface area contributed by atoms with Crippen molar-refractivity contribution in [2.24, 2.45) is 0 Å². The maximum atomic E-state index is 8.19. The molecule has 0 aromatic carbocycles. The van der Waals surface area contributed by atoms with Crippen LogP contribution in [0.25, 0.3) is 0 Å². The molecule has 0 saturated carbocycles. The van der Waals surface area contributed by atoms with Crippen molar-refractivity contribution >= 4 is 11.9 Å². The van der Waals surface area contributed by atoms with E-state index in [2.05, 4.69) is 6.07 Å². The van der Waals surface area contributed by atoms with Crippen LogP contribution < -0.4 is 0 Å². The smallest absolute Gasteiger partial charge is 0.116 e. The Hall–Kier alpha value is -0.620. The van der Waals surface area contributed by atoms with E-state index < -0.39 is 0 Å². The molecule has 1 aliphatic rings. The Morgan fingerprint density at radius 1 is 1.88 bits per heavy atom. The van der Waals surface area contributed by atoms with Gasteiger partial charge in [0.2, 0.25) is 0 Å². The Kier molecular flexibility index (Phi) is 1.81. The third-order valence-corrected chi connectivity index (χ3v) is 1.76. The van der Waals surface area contributed by atoms with Crippen molar-refractivity contribution in [3.8, 4) is 6.07 Å². The molecule has 0 radical (unpaired) electrons. The zero-order chi connectivity index (χ0) is 5.82. The van der Waals surface area contributed by atoms with Gasteiger partial charge in [-0.15, -0.1) is 0 Å². The first-order valence-electron chi connectivity index (χ1n) is 2.36. The summed E-state index contributed by atoms with van der Waals surface area (Å²) in [7, 11) is 0. The normalized spacial score (nSPS) is 16.6. The van der Waals surface area contributed by atoms with E-state index >= 15 is 0 Å². The lowest BCUT2D eigenvalue weighted by Crippen LogP contribution is -2.03. The maximum Gasteiger partial charge on any atom is 0.116 e. The van der Waals surface area contributed by atoms with Crippen molar-refractivity contribution in [2.75, 3.05) is 12.3 Å². The molecule has 0 atom stereocenters. The van der Waals surface area contributed by atoms with Crippen LogP contribution in [-0.4, -0.2) is 16.6 Å². The van der Waals surface area contributed by atoms with Gasteiger partial charge in [-0.25, -0.2) is 0 Å². The van der Waals surface area contributed by atoms with Gasteiger partial charge in [0.15, 0.2) is 0 Å². The molecule has 0 fully saturated rings. The molecule has 42 valence electrons. The fourth-order valence-corrected chi connectivity index (χ4v) is 1.20. The second-order valence-electron chi connectivity index (χ2n) is 1.41. The van der Waals surface area contributed by atoms with Crippen molar-refractivity contribution in [1.82, 2.24) is 4.31 Å². The van der Waals surface area contributed by atoms with Crippen LogP contribution in [0.15, 0.2) is 12.3 Å². The molecule has 0 N–H and O–H groups in total. The largest absolute Gasteiger partial charge is 0.309 e. The van der Waals surface area contributed by atoms with E-state index in [0.29, 0.717) is 6.54 Å². The Bertz CT molecular complexity index is 136. The topological polar surface area (TPSA) is 27.0 Å². The summed E-state index contributed by atoms with van der Waals surface area (Å²) in [6.07, 6.45) is 3.98. The minimum absolute atomic E-state index is 0.501. The highest BCUT2D eigenvalue weighted by Gasteiger charge is 2.01. The second-order valence-corrected chi connectivity index (χ2v) is 2.47. The third kappa shape index (κ3) is 1.17. The van der Waals surface area contributed by atoms with Crippen molar-refractivity contribution in [2.45, 2.75) is 0 Å². The molecule has 1 aliphatic heterocycles. The predicted molar refractivity (Wildman–Crippen MR) is 33.9 cm³/mol. The number of nitriles is 1. The molecule has 8 heavy (non-hydrogen) atoms. The van der Waals surface area contributed by atoms with E-state index in [4.69, 9.17) is 5.26 Å². The Labute approximate surface area is 52.9 Å². The molecule has 0 amide bonds. The molecule has 1 rings (SSSR count). The fraction of sp³-hybridized carbons (Fsp3) is 0.400. The fourth-order valence-electron chi connectivity index (χ4n) is 0.510. The van der Waals surface area contributed by atoms with Crippen LogP contribution in [0.2, 0.25) is 0 Å². The third-order valence-electron chi connectivity index (χ3n) is 0.835. The van der Waals surface area contributed by atoms with E-state index in [1.807, 2.05) is 16.6 Å². The first-order chi connectivity index (χ1) is 3.93. The second kappa shape index (κ2) is 2.63. The van der Waals surface area contributed by atoms with E-state index in [1.165, 1.54) is 0 Å². The maximum absolute atomic E-state index is 8.19. The van der Waals surface area contributed by atoms with Crippen LogP contribution in [0, 0.1) is 11.3 Å². The van der Waals surface area contributed by atoms with Gasteiger partial charge < -0.3 is 4.31 Å². The van der Waals surface area contributed by atoms with E-state index in [-0.39, 0.29) is 0 Å². The summed E-state index contributed by atoms with van der Waals surface area (Å²) in [4.78, 5) is 0. The number of hydrogen-bond donors (Lipinski definition) is 0. The van der Waals surface area contributed by atoms with Crippen LogP contribution >= 0.6 is 11.9 Å². The van der Waals surface area contributed by atoms with Crippen molar-refractivity contribution in [3.05, 3.63) is 12.3 Å². The molecule has 3 heteroatoms. The quantitative estimate of drug-likeness (QED) is 0.387. The van der Waals surface area contributed by atoms with Crippen LogP contribution in [0.3, 0.4) is 0 Å². The molecule has 1 heterocycles. The van der Waals surface area contributed by atoms with Crippen molar-refractivity contribution < 1.29 is 0 Å². The van der Waals surface area contributed by atoms with Gasteiger partial charge in [0.1, 0.15) is 6.54 Å². The van der Waals surface area contributed by atoms with Gasteiger partial charge >= 0.3 is 0 Å². The summed E-state index contributed by atoms with van der Waals surface area (Å²) >= 11 is 1.67. The molecule has 0 aliphatic carbocycles. The molecule has 0 aromatic heterocycles. The highest BCUT2D eigenvalue weighted by molar-refractivity contribution is 7.97. The zero-order valence-corrected chi connectivity index (χ0v) is 5.19. The molecule has 0 spiro atoms. The number of rotatable bonds is 1. The van der Waals surface area contributed by atoms with Crippen LogP contribution in [-0.2, 0) is 0 Å². The minimum Gasteiger partial charge on any atom is -0.309 e. The predicted octanol–water partition coefficient (Wildman–Crippen LogP) is 0.987. The van der Waals surface area contributed by atoms with E-state index in [1.54, 1.807) is 11.9 Å². The summed E-state index contributed by atoms with van der Waals surface area (Å²) < 4.78 is 1.92. The highest BCUT2D eigenvalue weighted by Crippen LogP contribution is 2.15. The molecular formula is C5H6N2S. The first-order valence-corrected chi connectivity index (χ1v) is 3.31. The Morgan fingerprint density at radius 3 is 3.25 bits per heavy atom. The van der Waals surface area contributed by atoms with Crippen LogP contribution in [0.5, 0.6) is 0 Å². The molecule has 0 bridgehead atoms.